The maximum absolute atomic E-state index is 5.33. The van der Waals surface area contributed by atoms with Crippen molar-refractivity contribution in [2.75, 3.05) is 0 Å². The van der Waals surface area contributed by atoms with Gasteiger partial charge in [0.15, 0.2) is 0 Å². The van der Waals surface area contributed by atoms with Gasteiger partial charge in [0.05, 0.1) is 54.5 Å². The van der Waals surface area contributed by atoms with Gasteiger partial charge in [0.25, 0.3) is 0 Å². The topological polar surface area (TPSA) is 44.5 Å². The van der Waals surface area contributed by atoms with Gasteiger partial charge < -0.3 is 0 Å². The number of thiophene rings is 1. The van der Waals surface area contributed by atoms with E-state index in [9.17, 15) is 0 Å². The smallest absolute Gasteiger partial charge is 0.220 e. The molecule has 0 fully saturated rings. The Hall–Kier alpha value is -8.26. The number of imidazole rings is 4. The number of para-hydroxylation sites is 4. The molecule has 63 heavy (non-hydrogen) atoms. The Morgan fingerprint density at radius 1 is 0.333 bits per heavy atom. The van der Waals surface area contributed by atoms with E-state index in [0.717, 1.165) is 78.2 Å². The largest absolute Gasteiger partial charge is 0.278 e. The third kappa shape index (κ3) is 4.99. The van der Waals surface area contributed by atoms with Crippen molar-refractivity contribution in [2.24, 2.45) is 0 Å². The molecular weight excluding hydrogens is 789 g/mol. The van der Waals surface area contributed by atoms with Gasteiger partial charge in [0.2, 0.25) is 11.6 Å². The molecule has 0 aliphatic rings. The van der Waals surface area contributed by atoms with Crippen LogP contribution < -0.4 is 0 Å². The molecule has 294 valence electrons. The molecule has 9 aromatic carbocycles. The quantitative estimate of drug-likeness (QED) is 0.174. The Balaban J connectivity index is 0.976. The zero-order valence-electron chi connectivity index (χ0n) is 33.7. The molecule has 0 atom stereocenters. The second-order valence-electron chi connectivity index (χ2n) is 16.3. The molecule has 0 aliphatic carbocycles. The number of benzene rings is 9. The van der Waals surface area contributed by atoms with E-state index in [1.54, 1.807) is 0 Å². The molecule has 7 heteroatoms. The first-order chi connectivity index (χ1) is 31.2. The van der Waals surface area contributed by atoms with Crippen LogP contribution in [-0.2, 0) is 0 Å². The molecule has 0 saturated heterocycles. The highest BCUT2D eigenvalue weighted by molar-refractivity contribution is 7.26. The summed E-state index contributed by atoms with van der Waals surface area (Å²) in [6.45, 7) is 0. The molecule has 5 heterocycles. The fourth-order valence-corrected chi connectivity index (χ4v) is 11.3. The Morgan fingerprint density at radius 2 is 0.841 bits per heavy atom. The van der Waals surface area contributed by atoms with Gasteiger partial charge in [0.1, 0.15) is 0 Å². The molecule has 14 aromatic rings. The molecular formula is C56H34N6S. The summed E-state index contributed by atoms with van der Waals surface area (Å²) < 4.78 is 11.8. The van der Waals surface area contributed by atoms with Gasteiger partial charge >= 0.3 is 0 Å². The Morgan fingerprint density at radius 3 is 1.49 bits per heavy atom. The number of hydrogen-bond acceptors (Lipinski definition) is 3. The zero-order chi connectivity index (χ0) is 41.2. The lowest BCUT2D eigenvalue weighted by Crippen LogP contribution is -1.95. The Labute approximate surface area is 364 Å². The molecule has 0 radical (unpaired) electrons. The van der Waals surface area contributed by atoms with Crippen molar-refractivity contribution in [2.45, 2.75) is 0 Å². The first kappa shape index (κ1) is 34.5. The van der Waals surface area contributed by atoms with E-state index in [-0.39, 0.29) is 0 Å². The highest BCUT2D eigenvalue weighted by Crippen LogP contribution is 2.44. The van der Waals surface area contributed by atoms with E-state index in [4.69, 9.17) is 9.97 Å². The minimum Gasteiger partial charge on any atom is -0.278 e. The highest BCUT2D eigenvalue weighted by atomic mass is 32.1. The Kier molecular flexibility index (Phi) is 7.17. The summed E-state index contributed by atoms with van der Waals surface area (Å²) in [5.41, 5.74) is 17.8. The summed E-state index contributed by atoms with van der Waals surface area (Å²) in [4.78, 5) is 10.5. The van der Waals surface area contributed by atoms with Crippen LogP contribution in [0.25, 0.3) is 121 Å². The lowest BCUT2D eigenvalue weighted by Gasteiger charge is -2.09. The van der Waals surface area contributed by atoms with Crippen LogP contribution in [0.1, 0.15) is 0 Å². The normalized spacial score (nSPS) is 12.1. The van der Waals surface area contributed by atoms with E-state index >= 15 is 0 Å². The second kappa shape index (κ2) is 13.1. The van der Waals surface area contributed by atoms with Crippen molar-refractivity contribution >= 4 is 87.2 Å². The van der Waals surface area contributed by atoms with Crippen LogP contribution in [0.3, 0.4) is 0 Å². The van der Waals surface area contributed by atoms with Gasteiger partial charge in [-0.3, -0.25) is 17.9 Å². The summed E-state index contributed by atoms with van der Waals surface area (Å²) in [5.74, 6) is 1.79. The first-order valence-electron chi connectivity index (χ1n) is 21.2. The molecule has 0 spiro atoms. The van der Waals surface area contributed by atoms with Gasteiger partial charge in [-0.1, -0.05) is 140 Å². The van der Waals surface area contributed by atoms with Crippen LogP contribution in [0.4, 0.5) is 0 Å². The average Bonchev–Trinajstić information content (AvgIpc) is 4.15. The fraction of sp³-hybridized carbons (Fsp3) is 0. The predicted molar refractivity (Wildman–Crippen MR) is 262 cm³/mol. The maximum atomic E-state index is 5.33. The molecule has 0 saturated carbocycles. The van der Waals surface area contributed by atoms with E-state index in [1.165, 1.54) is 42.4 Å². The Bertz CT molecular complexity index is 4130. The zero-order valence-corrected chi connectivity index (χ0v) is 34.5. The predicted octanol–water partition coefficient (Wildman–Crippen LogP) is 14.5. The van der Waals surface area contributed by atoms with Crippen molar-refractivity contribution in [1.82, 2.24) is 27.9 Å². The lowest BCUT2D eigenvalue weighted by molar-refractivity contribution is 1.11. The SMILES string of the molecule is c1ccc(-c2ccc(-n3c4ccc(-c5ccc6c(c5)n5c7ccccc7nc5n6-c5cccc6c5sc5c(-c7ccccc7)cccc56)cc4n4c5ccccc5nc34)cc2)cc1. The molecule has 14 rings (SSSR count). The van der Waals surface area contributed by atoms with E-state index in [2.05, 4.69) is 224 Å². The van der Waals surface area contributed by atoms with Crippen LogP contribution in [0.15, 0.2) is 206 Å². The van der Waals surface area contributed by atoms with E-state index in [1.807, 2.05) is 11.3 Å². The molecule has 0 N–H and O–H groups in total. The van der Waals surface area contributed by atoms with Crippen molar-refractivity contribution in [1.29, 1.82) is 0 Å². The minimum absolute atomic E-state index is 0.890. The van der Waals surface area contributed by atoms with Crippen LogP contribution in [0.2, 0.25) is 0 Å². The molecule has 0 unspecified atom stereocenters. The average molecular weight is 823 g/mol. The highest BCUT2D eigenvalue weighted by Gasteiger charge is 2.23. The van der Waals surface area contributed by atoms with Gasteiger partial charge in [-0.2, -0.15) is 0 Å². The maximum Gasteiger partial charge on any atom is 0.220 e. The van der Waals surface area contributed by atoms with E-state index < -0.39 is 0 Å². The molecule has 0 bridgehead atoms. The lowest BCUT2D eigenvalue weighted by atomic mass is 10.0. The van der Waals surface area contributed by atoms with Crippen LogP contribution in [0.5, 0.6) is 0 Å². The van der Waals surface area contributed by atoms with Crippen molar-refractivity contribution in [3.63, 3.8) is 0 Å². The number of fused-ring (bicyclic) bond motifs is 13. The minimum atomic E-state index is 0.890. The molecule has 0 aliphatic heterocycles. The monoisotopic (exact) mass is 822 g/mol. The summed E-state index contributed by atoms with van der Waals surface area (Å²) in [6, 6.07) is 74.1. The standard InChI is InChI=1S/C56H34N6S/c1-3-13-35(14-4-1)36-25-29-40(30-26-36)59-48-31-27-38(33-51(48)60-46-22-9-7-20-44(46)57-55(59)60)39-28-32-49-52(34-39)61-47-23-10-8-21-45(47)58-56(61)62(49)50-24-12-19-43-42-18-11-17-41(53(42)63-54(43)50)37-15-5-2-6-16-37/h1-34H. The number of nitrogens with zero attached hydrogens (tertiary/aromatic N) is 6. The number of rotatable bonds is 5. The van der Waals surface area contributed by atoms with Crippen LogP contribution in [0, 0.1) is 0 Å². The van der Waals surface area contributed by atoms with Crippen LogP contribution in [-0.4, -0.2) is 27.9 Å². The number of hydrogen-bond donors (Lipinski definition) is 0. The van der Waals surface area contributed by atoms with Crippen LogP contribution >= 0.6 is 11.3 Å². The summed E-state index contributed by atoms with van der Waals surface area (Å²) in [7, 11) is 0. The first-order valence-corrected chi connectivity index (χ1v) is 22.1. The van der Waals surface area contributed by atoms with Crippen molar-refractivity contribution in [3.8, 4) is 44.8 Å². The molecule has 5 aromatic heterocycles. The second-order valence-corrected chi connectivity index (χ2v) is 17.3. The van der Waals surface area contributed by atoms with E-state index in [0.29, 0.717) is 0 Å². The summed E-state index contributed by atoms with van der Waals surface area (Å²) >= 11 is 1.87. The summed E-state index contributed by atoms with van der Waals surface area (Å²) in [6.07, 6.45) is 0. The van der Waals surface area contributed by atoms with Gasteiger partial charge in [-0.25, -0.2) is 9.97 Å². The van der Waals surface area contributed by atoms with Crippen molar-refractivity contribution in [3.05, 3.63) is 206 Å². The van der Waals surface area contributed by atoms with Gasteiger partial charge in [-0.05, 0) is 100 Å². The summed E-state index contributed by atoms with van der Waals surface area (Å²) in [5, 5.41) is 2.53. The third-order valence-corrected chi connectivity index (χ3v) is 14.1. The number of aromatic nitrogens is 6. The van der Waals surface area contributed by atoms with Gasteiger partial charge in [0, 0.05) is 21.2 Å². The van der Waals surface area contributed by atoms with Gasteiger partial charge in [-0.15, -0.1) is 11.3 Å². The third-order valence-electron chi connectivity index (χ3n) is 12.8. The molecule has 6 nitrogen and oxygen atoms in total. The van der Waals surface area contributed by atoms with Crippen molar-refractivity contribution < 1.29 is 0 Å². The fourth-order valence-electron chi connectivity index (χ4n) is 9.91. The molecule has 0 amide bonds.